The van der Waals surface area contributed by atoms with Gasteiger partial charge in [-0.25, -0.2) is 0 Å². The van der Waals surface area contributed by atoms with Gasteiger partial charge in [0.15, 0.2) is 0 Å². The van der Waals surface area contributed by atoms with Gasteiger partial charge in [-0.2, -0.15) is 0 Å². The van der Waals surface area contributed by atoms with Crippen LogP contribution in [0, 0.1) is 0 Å². The molecular weight excluding hydrogens is 282 g/mol. The van der Waals surface area contributed by atoms with Crippen LogP contribution < -0.4 is 5.73 Å². The van der Waals surface area contributed by atoms with Crippen molar-refractivity contribution in [3.8, 4) is 0 Å². The molecule has 0 amide bonds. The molecule has 0 saturated carbocycles. The second-order valence-electron chi connectivity index (χ2n) is 4.83. The molecule has 1 aromatic carbocycles. The lowest BCUT2D eigenvalue weighted by Crippen LogP contribution is -2.38. The predicted octanol–water partition coefficient (Wildman–Crippen LogP) is 2.66. The summed E-state index contributed by atoms with van der Waals surface area (Å²) in [6, 6.07) is 5.58. The first-order chi connectivity index (χ1) is 8.10. The molecule has 4 heteroatoms. The summed E-state index contributed by atoms with van der Waals surface area (Å²) in [6.45, 7) is 5.25. The summed E-state index contributed by atoms with van der Waals surface area (Å²) in [5, 5.41) is 0. The minimum Gasteiger partial charge on any atom is -0.459 e. The van der Waals surface area contributed by atoms with Gasteiger partial charge in [0.25, 0.3) is 0 Å². The van der Waals surface area contributed by atoms with Crippen molar-refractivity contribution in [1.29, 1.82) is 0 Å². The van der Waals surface area contributed by atoms with Crippen LogP contribution in [0.4, 0.5) is 0 Å². The molecule has 3 nitrogen and oxygen atoms in total. The van der Waals surface area contributed by atoms with E-state index in [1.54, 1.807) is 20.8 Å². The Kier molecular flexibility index (Phi) is 4.18. The Bertz CT molecular complexity index is 424. The average molecular weight is 301 g/mol. The zero-order chi connectivity index (χ0) is 14.0. The molecule has 0 radical (unpaired) electrons. The van der Waals surface area contributed by atoms with Gasteiger partial charge in [-0.15, -0.1) is 0 Å². The Morgan fingerprint density at radius 3 is 2.47 bits per heavy atom. The van der Waals surface area contributed by atoms with E-state index in [9.17, 15) is 4.79 Å². The number of rotatable bonds is 3. The van der Waals surface area contributed by atoms with E-state index < -0.39 is 17.6 Å². The van der Waals surface area contributed by atoms with Crippen LogP contribution in [0.5, 0.6) is 0 Å². The highest BCUT2D eigenvalue weighted by molar-refractivity contribution is 9.10. The van der Waals surface area contributed by atoms with Gasteiger partial charge in [0.1, 0.15) is 11.6 Å². The smallest absolute Gasteiger partial charge is 0.323 e. The van der Waals surface area contributed by atoms with Crippen LogP contribution in [-0.4, -0.2) is 17.6 Å². The molecule has 0 aliphatic heterocycles. The van der Waals surface area contributed by atoms with Crippen molar-refractivity contribution in [3.05, 3.63) is 34.3 Å². The molecule has 0 saturated heterocycles. The zero-order valence-corrected chi connectivity index (χ0v) is 11.9. The van der Waals surface area contributed by atoms with Crippen molar-refractivity contribution >= 4 is 21.9 Å². The molecule has 94 valence electrons. The van der Waals surface area contributed by atoms with Crippen LogP contribution >= 0.6 is 15.9 Å². The van der Waals surface area contributed by atoms with Crippen LogP contribution in [0.1, 0.15) is 27.7 Å². The van der Waals surface area contributed by atoms with Gasteiger partial charge in [0.2, 0.25) is 0 Å². The molecule has 1 atom stereocenters. The maximum Gasteiger partial charge on any atom is 0.323 e. The maximum atomic E-state index is 11.8. The quantitative estimate of drug-likeness (QED) is 0.873. The van der Waals surface area contributed by atoms with Crippen LogP contribution in [0.2, 0.25) is 0 Å². The fourth-order valence-electron chi connectivity index (χ4n) is 1.24. The highest BCUT2D eigenvalue weighted by Crippen LogP contribution is 2.13. The van der Waals surface area contributed by atoms with Crippen molar-refractivity contribution in [2.45, 2.75) is 38.8 Å². The summed E-state index contributed by atoms with van der Waals surface area (Å²) in [5.41, 5.74) is 5.90. The van der Waals surface area contributed by atoms with Gasteiger partial charge < -0.3 is 10.5 Å². The summed E-state index contributed by atoms with van der Waals surface area (Å²) in [4.78, 5) is 11.8. The van der Waals surface area contributed by atoms with E-state index in [1.165, 1.54) is 0 Å². The largest absolute Gasteiger partial charge is 0.459 e. The third-order valence-corrected chi connectivity index (χ3v) is 2.50. The highest BCUT2D eigenvalue weighted by atomic mass is 79.9. The predicted molar refractivity (Wildman–Crippen MR) is 71.7 cm³/mol. The third-order valence-electron chi connectivity index (χ3n) is 1.97. The first-order valence-electron chi connectivity index (χ1n) is 5.87. The minimum absolute atomic E-state index is 0.120. The summed E-state index contributed by atoms with van der Waals surface area (Å²) in [5.74, 6) is -0.710. The Labute approximate surface area is 112 Å². The van der Waals surface area contributed by atoms with E-state index >= 15 is 0 Å². The molecule has 0 spiro atoms. The minimum atomic E-state index is -1.76. The molecule has 17 heavy (non-hydrogen) atoms. The number of nitrogens with two attached hydrogens (primary N) is 1. The van der Waals surface area contributed by atoms with Gasteiger partial charge in [0, 0.05) is 4.47 Å². The number of hydrogen-bond donors (Lipinski definition) is 1. The number of carbonyl (C=O) groups excluding carboxylic acids is 1. The van der Waals surface area contributed by atoms with Crippen molar-refractivity contribution in [2.75, 3.05) is 0 Å². The van der Waals surface area contributed by atoms with E-state index in [-0.39, 0.29) is 6.42 Å². The Morgan fingerprint density at radius 1 is 1.47 bits per heavy atom. The number of ether oxygens (including phenoxy) is 1. The van der Waals surface area contributed by atoms with E-state index in [0.717, 1.165) is 10.0 Å². The van der Waals surface area contributed by atoms with Crippen molar-refractivity contribution in [2.24, 2.45) is 5.73 Å². The van der Waals surface area contributed by atoms with Crippen LogP contribution in [-0.2, 0) is 16.0 Å². The topological polar surface area (TPSA) is 52.3 Å². The number of benzene rings is 1. The van der Waals surface area contributed by atoms with E-state index in [1.807, 2.05) is 24.3 Å². The van der Waals surface area contributed by atoms with Crippen LogP contribution in [0.3, 0.4) is 0 Å². The summed E-state index contributed by atoms with van der Waals surface area (Å²) in [6.07, 6.45) is 0.120. The van der Waals surface area contributed by atoms with E-state index in [2.05, 4.69) is 15.9 Å². The maximum absolute atomic E-state index is 11.8. The van der Waals surface area contributed by atoms with Gasteiger partial charge in [-0.05, 0) is 44.9 Å². The van der Waals surface area contributed by atoms with E-state index in [0.29, 0.717) is 0 Å². The molecule has 0 aromatic heterocycles. The van der Waals surface area contributed by atoms with Crippen molar-refractivity contribution < 1.29 is 10.9 Å². The first kappa shape index (κ1) is 12.6. The lowest BCUT2D eigenvalue weighted by atomic mass is 10.1. The normalized spacial score (nSPS) is 15.9. The number of carbonyl (C=O) groups is 1. The number of esters is 1. The van der Waals surface area contributed by atoms with Crippen LogP contribution in [0.15, 0.2) is 28.7 Å². The molecule has 0 unspecified atom stereocenters. The lowest BCUT2D eigenvalue weighted by Gasteiger charge is -2.22. The molecule has 0 bridgehead atoms. The van der Waals surface area contributed by atoms with Crippen LogP contribution in [0.25, 0.3) is 0 Å². The standard InChI is InChI=1S/C13H18BrNO2/c1-13(2,3)17-12(16)11(15)8-9-4-6-10(14)7-5-9/h4-7,11H,8,15H2,1-3H3/t11-/m0/s1/i11D. The fourth-order valence-corrected chi connectivity index (χ4v) is 1.50. The second kappa shape index (κ2) is 5.65. The average Bonchev–Trinajstić information content (AvgIpc) is 2.18. The van der Waals surface area contributed by atoms with E-state index in [4.69, 9.17) is 11.8 Å². The highest BCUT2D eigenvalue weighted by Gasteiger charge is 2.22. The van der Waals surface area contributed by atoms with Crippen molar-refractivity contribution in [3.63, 3.8) is 0 Å². The summed E-state index contributed by atoms with van der Waals surface area (Å²) >= 11 is 3.32. The van der Waals surface area contributed by atoms with Gasteiger partial charge >= 0.3 is 5.97 Å². The van der Waals surface area contributed by atoms with Gasteiger partial charge in [-0.3, -0.25) is 4.79 Å². The molecule has 0 aliphatic rings. The Balaban J connectivity index is 2.75. The van der Waals surface area contributed by atoms with Gasteiger partial charge in [0.05, 0.1) is 1.37 Å². The summed E-state index contributed by atoms with van der Waals surface area (Å²) in [7, 11) is 0. The molecular formula is C13H18BrNO2. The number of halogens is 1. The molecule has 0 aliphatic carbocycles. The summed E-state index contributed by atoms with van der Waals surface area (Å²) < 4.78 is 14.0. The molecule has 0 fully saturated rings. The first-order valence-corrected chi connectivity index (χ1v) is 6.16. The monoisotopic (exact) mass is 300 g/mol. The molecule has 1 rings (SSSR count). The lowest BCUT2D eigenvalue weighted by molar-refractivity contribution is -0.156. The zero-order valence-electron chi connectivity index (χ0n) is 11.3. The molecule has 1 aromatic rings. The molecule has 0 heterocycles. The number of hydrogen-bond acceptors (Lipinski definition) is 3. The van der Waals surface area contributed by atoms with Gasteiger partial charge in [-0.1, -0.05) is 28.1 Å². The SMILES string of the molecule is [2H][C@](N)(Cc1ccc(Br)cc1)C(=O)OC(C)(C)C. The second-order valence-corrected chi connectivity index (χ2v) is 5.75. The Morgan fingerprint density at radius 2 is 2.00 bits per heavy atom. The van der Waals surface area contributed by atoms with Crippen molar-refractivity contribution in [1.82, 2.24) is 0 Å². The Hall–Kier alpha value is -0.870. The molecule has 2 N–H and O–H groups in total. The third kappa shape index (κ3) is 5.33. The fraction of sp³-hybridized carbons (Fsp3) is 0.462.